The maximum atomic E-state index is 12.3. The van der Waals surface area contributed by atoms with Crippen LogP contribution >= 0.6 is 24.0 Å². The zero-order valence-corrected chi connectivity index (χ0v) is 17.0. The Morgan fingerprint density at radius 2 is 1.92 bits per heavy atom. The van der Waals surface area contributed by atoms with Gasteiger partial charge >= 0.3 is 6.18 Å². The maximum Gasteiger partial charge on any atom is 0.422 e. The molecule has 148 valence electrons. The Kier molecular flexibility index (Phi) is 9.31. The number of nitrogens with two attached hydrogens (primary N) is 1. The first-order chi connectivity index (χ1) is 11.9. The third-order valence-corrected chi connectivity index (χ3v) is 4.01. The van der Waals surface area contributed by atoms with Crippen LogP contribution in [0.15, 0.2) is 23.2 Å². The fourth-order valence-corrected chi connectivity index (χ4v) is 2.77. The van der Waals surface area contributed by atoms with E-state index in [0.29, 0.717) is 18.5 Å². The van der Waals surface area contributed by atoms with E-state index < -0.39 is 12.8 Å². The lowest BCUT2D eigenvalue weighted by Crippen LogP contribution is -2.41. The number of benzene rings is 1. The summed E-state index contributed by atoms with van der Waals surface area (Å²) in [7, 11) is 1.38. The molecule has 5 nitrogen and oxygen atoms in total. The van der Waals surface area contributed by atoms with Gasteiger partial charge in [-0.1, -0.05) is 25.3 Å². The Morgan fingerprint density at radius 1 is 1.23 bits per heavy atom. The van der Waals surface area contributed by atoms with Crippen LogP contribution in [0.4, 0.5) is 13.2 Å². The van der Waals surface area contributed by atoms with Crippen LogP contribution in [-0.4, -0.2) is 31.9 Å². The molecule has 0 bridgehead atoms. The molecule has 1 saturated carbocycles. The summed E-state index contributed by atoms with van der Waals surface area (Å²) in [6.45, 7) is -1.05. The molecule has 26 heavy (non-hydrogen) atoms. The highest BCUT2D eigenvalue weighted by atomic mass is 127. The summed E-state index contributed by atoms with van der Waals surface area (Å²) in [4.78, 5) is 4.29. The Balaban J connectivity index is 0.00000338. The summed E-state index contributed by atoms with van der Waals surface area (Å²) < 4.78 is 46.6. The van der Waals surface area contributed by atoms with E-state index in [4.69, 9.17) is 15.2 Å². The predicted octanol–water partition coefficient (Wildman–Crippen LogP) is 3.99. The SMILES string of the molecule is COc1cc(CN=C(N)NC2CCCCC2)ccc1OCC(F)(F)F.I. The van der Waals surface area contributed by atoms with Crippen molar-refractivity contribution in [1.29, 1.82) is 0 Å². The summed E-state index contributed by atoms with van der Waals surface area (Å²) in [6.07, 6.45) is 1.44. The van der Waals surface area contributed by atoms with Crippen molar-refractivity contribution in [2.24, 2.45) is 10.7 Å². The third kappa shape index (κ3) is 7.88. The summed E-state index contributed by atoms with van der Waals surface area (Å²) in [5, 5.41) is 3.21. The predicted molar refractivity (Wildman–Crippen MR) is 105 cm³/mol. The van der Waals surface area contributed by atoms with Crippen LogP contribution in [0.25, 0.3) is 0 Å². The van der Waals surface area contributed by atoms with Gasteiger partial charge in [-0.05, 0) is 30.5 Å². The van der Waals surface area contributed by atoms with Gasteiger partial charge in [0.1, 0.15) is 0 Å². The Bertz CT molecular complexity index is 591. The van der Waals surface area contributed by atoms with Crippen LogP contribution in [0.3, 0.4) is 0 Å². The lowest BCUT2D eigenvalue weighted by atomic mass is 9.96. The first kappa shape index (κ1) is 22.7. The second-order valence-corrected chi connectivity index (χ2v) is 6.07. The highest BCUT2D eigenvalue weighted by Crippen LogP contribution is 2.30. The molecule has 3 N–H and O–H groups in total. The average molecular weight is 487 g/mol. The highest BCUT2D eigenvalue weighted by molar-refractivity contribution is 14.0. The van der Waals surface area contributed by atoms with Crippen molar-refractivity contribution in [3.63, 3.8) is 0 Å². The number of alkyl halides is 3. The van der Waals surface area contributed by atoms with E-state index in [1.165, 1.54) is 32.4 Å². The summed E-state index contributed by atoms with van der Waals surface area (Å²) >= 11 is 0. The number of nitrogens with one attached hydrogen (secondary N) is 1. The molecule has 0 aromatic heterocycles. The number of ether oxygens (including phenoxy) is 2. The molecule has 2 rings (SSSR count). The number of aliphatic imine (C=N–C) groups is 1. The molecule has 9 heteroatoms. The summed E-state index contributed by atoms with van der Waals surface area (Å²) in [5.41, 5.74) is 6.67. The molecule has 1 aromatic carbocycles. The van der Waals surface area contributed by atoms with Gasteiger partial charge in [0.25, 0.3) is 0 Å². The molecule has 1 aliphatic carbocycles. The van der Waals surface area contributed by atoms with E-state index in [0.717, 1.165) is 18.4 Å². The van der Waals surface area contributed by atoms with Gasteiger partial charge in [-0.25, -0.2) is 4.99 Å². The quantitative estimate of drug-likeness (QED) is 0.362. The van der Waals surface area contributed by atoms with Gasteiger partial charge < -0.3 is 20.5 Å². The molecule has 0 spiro atoms. The molecule has 0 heterocycles. The largest absolute Gasteiger partial charge is 0.493 e. The van der Waals surface area contributed by atoms with Crippen LogP contribution < -0.4 is 20.5 Å². The lowest BCUT2D eigenvalue weighted by molar-refractivity contribution is -0.153. The first-order valence-electron chi connectivity index (χ1n) is 8.30. The molecular weight excluding hydrogens is 462 g/mol. The normalized spacial score (nSPS) is 15.9. The first-order valence-corrected chi connectivity index (χ1v) is 8.30. The van der Waals surface area contributed by atoms with Crippen molar-refractivity contribution in [3.8, 4) is 11.5 Å². The number of guanidine groups is 1. The number of nitrogens with zero attached hydrogens (tertiary/aromatic N) is 1. The minimum atomic E-state index is -4.40. The molecule has 1 aromatic rings. The minimum absolute atomic E-state index is 0. The molecule has 0 aliphatic heterocycles. The van der Waals surface area contributed by atoms with Crippen molar-refractivity contribution < 1.29 is 22.6 Å². The Morgan fingerprint density at radius 3 is 2.54 bits per heavy atom. The maximum absolute atomic E-state index is 12.3. The van der Waals surface area contributed by atoms with E-state index in [1.54, 1.807) is 12.1 Å². The van der Waals surface area contributed by atoms with Crippen molar-refractivity contribution in [2.75, 3.05) is 13.7 Å². The molecule has 1 aliphatic rings. The van der Waals surface area contributed by atoms with Gasteiger partial charge in [-0.15, -0.1) is 24.0 Å². The molecule has 1 fully saturated rings. The van der Waals surface area contributed by atoms with Crippen LogP contribution in [-0.2, 0) is 6.54 Å². The zero-order chi connectivity index (χ0) is 18.3. The molecule has 0 amide bonds. The van der Waals surface area contributed by atoms with Crippen molar-refractivity contribution >= 4 is 29.9 Å². The second kappa shape index (κ2) is 10.7. The number of hydrogen-bond acceptors (Lipinski definition) is 3. The topological polar surface area (TPSA) is 68.9 Å². The van der Waals surface area contributed by atoms with Gasteiger partial charge in [0.15, 0.2) is 24.1 Å². The summed E-state index contributed by atoms with van der Waals surface area (Å²) in [5.74, 6) is 0.653. The highest BCUT2D eigenvalue weighted by Gasteiger charge is 2.29. The van der Waals surface area contributed by atoms with E-state index >= 15 is 0 Å². The molecular formula is C17H25F3IN3O2. The number of rotatable bonds is 6. The molecule has 0 saturated heterocycles. The average Bonchev–Trinajstić information content (AvgIpc) is 2.58. The van der Waals surface area contributed by atoms with Gasteiger partial charge in [0.05, 0.1) is 13.7 Å². The van der Waals surface area contributed by atoms with Crippen molar-refractivity contribution in [3.05, 3.63) is 23.8 Å². The number of hydrogen-bond donors (Lipinski definition) is 2. The molecule has 0 atom stereocenters. The van der Waals surface area contributed by atoms with Crippen LogP contribution in [0.1, 0.15) is 37.7 Å². The number of halogens is 4. The molecule has 0 radical (unpaired) electrons. The zero-order valence-electron chi connectivity index (χ0n) is 14.6. The third-order valence-electron chi connectivity index (χ3n) is 4.01. The fourth-order valence-electron chi connectivity index (χ4n) is 2.77. The van der Waals surface area contributed by atoms with Crippen LogP contribution in [0, 0.1) is 0 Å². The number of methoxy groups -OCH3 is 1. The van der Waals surface area contributed by atoms with E-state index in [1.807, 2.05) is 0 Å². The standard InChI is InChI=1S/C17H24F3N3O2.HI/c1-24-15-9-12(7-8-14(15)25-11-17(18,19)20)10-22-16(21)23-13-5-3-2-4-6-13;/h7-9,13H,2-6,10-11H2,1H3,(H3,21,22,23);1H. The van der Waals surface area contributed by atoms with E-state index in [2.05, 4.69) is 10.3 Å². The lowest BCUT2D eigenvalue weighted by Gasteiger charge is -2.23. The van der Waals surface area contributed by atoms with Gasteiger partial charge in [0.2, 0.25) is 0 Å². The fraction of sp³-hybridized carbons (Fsp3) is 0.588. The van der Waals surface area contributed by atoms with Gasteiger partial charge in [-0.3, -0.25) is 0 Å². The monoisotopic (exact) mass is 487 g/mol. The molecule has 0 unspecified atom stereocenters. The van der Waals surface area contributed by atoms with E-state index in [9.17, 15) is 13.2 Å². The second-order valence-electron chi connectivity index (χ2n) is 6.07. The minimum Gasteiger partial charge on any atom is -0.493 e. The van der Waals surface area contributed by atoms with Gasteiger partial charge in [-0.2, -0.15) is 13.2 Å². The smallest absolute Gasteiger partial charge is 0.422 e. The van der Waals surface area contributed by atoms with Crippen molar-refractivity contribution in [1.82, 2.24) is 5.32 Å². The van der Waals surface area contributed by atoms with Crippen LogP contribution in [0.2, 0.25) is 0 Å². The Hall–Kier alpha value is -1.39. The van der Waals surface area contributed by atoms with Gasteiger partial charge in [0, 0.05) is 6.04 Å². The van der Waals surface area contributed by atoms with Crippen LogP contribution in [0.5, 0.6) is 11.5 Å². The van der Waals surface area contributed by atoms with Crippen molar-refractivity contribution in [2.45, 2.75) is 50.9 Å². The Labute approximate surface area is 168 Å². The summed E-state index contributed by atoms with van der Waals surface area (Å²) in [6, 6.07) is 5.06. The van der Waals surface area contributed by atoms with E-state index in [-0.39, 0.29) is 35.5 Å².